The van der Waals surface area contributed by atoms with E-state index < -0.39 is 5.97 Å². The fourth-order valence-electron chi connectivity index (χ4n) is 3.39. The first kappa shape index (κ1) is 20.6. The van der Waals surface area contributed by atoms with E-state index in [1.807, 2.05) is 38.1 Å². The van der Waals surface area contributed by atoms with Crippen molar-refractivity contribution in [1.29, 1.82) is 0 Å². The Labute approximate surface area is 170 Å². The highest BCUT2D eigenvalue weighted by Gasteiger charge is 2.22. The summed E-state index contributed by atoms with van der Waals surface area (Å²) in [6.07, 6.45) is 2.07. The summed E-state index contributed by atoms with van der Waals surface area (Å²) < 4.78 is 5.18. The van der Waals surface area contributed by atoms with E-state index in [1.54, 1.807) is 29.2 Å². The van der Waals surface area contributed by atoms with Crippen LogP contribution in [0.1, 0.15) is 53.7 Å². The minimum atomic E-state index is -0.586. The summed E-state index contributed by atoms with van der Waals surface area (Å²) in [6, 6.07) is 14.6. The van der Waals surface area contributed by atoms with E-state index >= 15 is 0 Å². The predicted octanol–water partition coefficient (Wildman–Crippen LogP) is 3.55. The van der Waals surface area contributed by atoms with Gasteiger partial charge in [-0.1, -0.05) is 42.8 Å². The minimum absolute atomic E-state index is 0.0524. The average Bonchev–Trinajstić information content (AvgIpc) is 3.17. The highest BCUT2D eigenvalue weighted by Crippen LogP contribution is 2.22. The van der Waals surface area contributed by atoms with Crippen LogP contribution in [0.4, 0.5) is 5.69 Å². The molecule has 1 aliphatic heterocycles. The monoisotopic (exact) mass is 394 g/mol. The van der Waals surface area contributed by atoms with Crippen LogP contribution in [0.3, 0.4) is 0 Å². The van der Waals surface area contributed by atoms with Gasteiger partial charge in [-0.15, -0.1) is 0 Å². The molecule has 1 aliphatic rings. The molecule has 29 heavy (non-hydrogen) atoms. The molecule has 0 aliphatic carbocycles. The Morgan fingerprint density at radius 2 is 1.93 bits per heavy atom. The first-order valence-corrected chi connectivity index (χ1v) is 9.91. The Morgan fingerprint density at radius 3 is 2.59 bits per heavy atom. The number of benzene rings is 2. The second-order valence-electron chi connectivity index (χ2n) is 7.21. The number of hydrogen-bond acceptors (Lipinski definition) is 4. The number of rotatable bonds is 7. The SMILES string of the molecule is CC[C@@H](NC(=O)COC(=O)c1cccc(N2CCCC2=O)c1)c1ccc(C)cc1. The van der Waals surface area contributed by atoms with Crippen molar-refractivity contribution in [2.45, 2.75) is 39.2 Å². The lowest BCUT2D eigenvalue weighted by molar-refractivity contribution is -0.125. The van der Waals surface area contributed by atoms with Gasteiger partial charge in [-0.2, -0.15) is 0 Å². The molecule has 6 nitrogen and oxygen atoms in total. The topological polar surface area (TPSA) is 75.7 Å². The molecule has 6 heteroatoms. The normalized spacial score (nSPS) is 14.6. The molecule has 0 bridgehead atoms. The maximum absolute atomic E-state index is 12.4. The number of anilines is 1. The number of carbonyl (C=O) groups excluding carboxylic acids is 3. The summed E-state index contributed by atoms with van der Waals surface area (Å²) in [5.41, 5.74) is 3.17. The number of carbonyl (C=O) groups is 3. The number of esters is 1. The molecule has 3 rings (SSSR count). The van der Waals surface area contributed by atoms with E-state index in [-0.39, 0.29) is 24.5 Å². The number of nitrogens with zero attached hydrogens (tertiary/aromatic N) is 1. The molecule has 2 aromatic carbocycles. The van der Waals surface area contributed by atoms with Crippen molar-refractivity contribution in [2.24, 2.45) is 0 Å². The van der Waals surface area contributed by atoms with Crippen molar-refractivity contribution in [2.75, 3.05) is 18.1 Å². The molecule has 0 aromatic heterocycles. The zero-order valence-electron chi connectivity index (χ0n) is 16.8. The predicted molar refractivity (Wildman–Crippen MR) is 111 cm³/mol. The van der Waals surface area contributed by atoms with Gasteiger partial charge in [0.05, 0.1) is 11.6 Å². The zero-order chi connectivity index (χ0) is 20.8. The Hall–Kier alpha value is -3.15. The van der Waals surface area contributed by atoms with Gasteiger partial charge in [0.25, 0.3) is 5.91 Å². The molecule has 0 saturated carbocycles. The third-order valence-corrected chi connectivity index (χ3v) is 5.02. The summed E-state index contributed by atoms with van der Waals surface area (Å²) in [7, 11) is 0. The van der Waals surface area contributed by atoms with Crippen molar-refractivity contribution in [3.8, 4) is 0 Å². The van der Waals surface area contributed by atoms with E-state index in [2.05, 4.69) is 5.32 Å². The van der Waals surface area contributed by atoms with E-state index in [4.69, 9.17) is 4.74 Å². The smallest absolute Gasteiger partial charge is 0.338 e. The van der Waals surface area contributed by atoms with Gasteiger partial charge >= 0.3 is 5.97 Å². The molecule has 0 unspecified atom stereocenters. The molecule has 1 saturated heterocycles. The highest BCUT2D eigenvalue weighted by atomic mass is 16.5. The van der Waals surface area contributed by atoms with Crippen LogP contribution in [-0.2, 0) is 14.3 Å². The lowest BCUT2D eigenvalue weighted by Crippen LogP contribution is -2.32. The quantitative estimate of drug-likeness (QED) is 0.729. The first-order valence-electron chi connectivity index (χ1n) is 9.91. The maximum Gasteiger partial charge on any atom is 0.338 e. The van der Waals surface area contributed by atoms with Crippen LogP contribution in [-0.4, -0.2) is 30.9 Å². The van der Waals surface area contributed by atoms with Gasteiger partial charge in [0.1, 0.15) is 0 Å². The molecule has 1 heterocycles. The molecule has 1 atom stereocenters. The molecule has 0 radical (unpaired) electrons. The van der Waals surface area contributed by atoms with Gasteiger partial charge in [-0.25, -0.2) is 4.79 Å². The second-order valence-corrected chi connectivity index (χ2v) is 7.21. The summed E-state index contributed by atoms with van der Waals surface area (Å²) in [4.78, 5) is 38.2. The van der Waals surface area contributed by atoms with Gasteiger partial charge in [-0.05, 0) is 43.5 Å². The standard InChI is InChI=1S/C23H26N2O4/c1-3-20(17-11-9-16(2)10-12-17)24-21(26)15-29-23(28)18-6-4-7-19(14-18)25-13-5-8-22(25)27/h4,6-7,9-12,14,20H,3,5,8,13,15H2,1-2H3,(H,24,26)/t20-/m1/s1. The van der Waals surface area contributed by atoms with Gasteiger partial charge in [0.15, 0.2) is 6.61 Å². The number of amides is 2. The molecule has 152 valence electrons. The molecular weight excluding hydrogens is 368 g/mol. The Kier molecular flexibility index (Phi) is 6.65. The number of nitrogens with one attached hydrogen (secondary N) is 1. The summed E-state index contributed by atoms with van der Waals surface area (Å²) in [5, 5.41) is 2.90. The van der Waals surface area contributed by atoms with Crippen LogP contribution in [0, 0.1) is 6.92 Å². The van der Waals surface area contributed by atoms with Gasteiger partial charge < -0.3 is 15.0 Å². The Balaban J connectivity index is 1.56. The van der Waals surface area contributed by atoms with Crippen LogP contribution in [0.25, 0.3) is 0 Å². The fraction of sp³-hybridized carbons (Fsp3) is 0.348. The summed E-state index contributed by atoms with van der Waals surface area (Å²) in [6.45, 7) is 4.30. The van der Waals surface area contributed by atoms with Crippen LogP contribution in [0.2, 0.25) is 0 Å². The van der Waals surface area contributed by atoms with Crippen LogP contribution >= 0.6 is 0 Å². The lowest BCUT2D eigenvalue weighted by Gasteiger charge is -2.18. The molecule has 1 fully saturated rings. The van der Waals surface area contributed by atoms with Crippen molar-refractivity contribution in [3.05, 3.63) is 65.2 Å². The third-order valence-electron chi connectivity index (χ3n) is 5.02. The number of hydrogen-bond donors (Lipinski definition) is 1. The third kappa shape index (κ3) is 5.22. The maximum atomic E-state index is 12.4. The van der Waals surface area contributed by atoms with E-state index in [1.165, 1.54) is 0 Å². The van der Waals surface area contributed by atoms with Gasteiger partial charge in [-0.3, -0.25) is 9.59 Å². The first-order chi connectivity index (χ1) is 14.0. The van der Waals surface area contributed by atoms with Crippen LogP contribution in [0.15, 0.2) is 48.5 Å². The van der Waals surface area contributed by atoms with Crippen LogP contribution in [0.5, 0.6) is 0 Å². The van der Waals surface area contributed by atoms with Crippen molar-refractivity contribution >= 4 is 23.5 Å². The van der Waals surface area contributed by atoms with Gasteiger partial charge in [0.2, 0.25) is 5.91 Å². The number of ether oxygens (including phenoxy) is 1. The summed E-state index contributed by atoms with van der Waals surface area (Å²) >= 11 is 0. The lowest BCUT2D eigenvalue weighted by atomic mass is 10.0. The van der Waals surface area contributed by atoms with Crippen LogP contribution < -0.4 is 10.2 Å². The van der Waals surface area contributed by atoms with E-state index in [0.717, 1.165) is 24.0 Å². The summed E-state index contributed by atoms with van der Waals surface area (Å²) in [5.74, 6) is -0.884. The molecule has 1 N–H and O–H groups in total. The fourth-order valence-corrected chi connectivity index (χ4v) is 3.39. The van der Waals surface area contributed by atoms with E-state index in [0.29, 0.717) is 24.2 Å². The van der Waals surface area contributed by atoms with Crippen molar-refractivity contribution < 1.29 is 19.1 Å². The molecule has 2 amide bonds. The number of aryl methyl sites for hydroxylation is 1. The average molecular weight is 394 g/mol. The molecular formula is C23H26N2O4. The Bertz CT molecular complexity index is 892. The van der Waals surface area contributed by atoms with Gasteiger partial charge in [0, 0.05) is 18.7 Å². The highest BCUT2D eigenvalue weighted by molar-refractivity contribution is 5.97. The molecule has 0 spiro atoms. The van der Waals surface area contributed by atoms with Crippen molar-refractivity contribution in [1.82, 2.24) is 5.32 Å². The van der Waals surface area contributed by atoms with E-state index in [9.17, 15) is 14.4 Å². The van der Waals surface area contributed by atoms with Crippen molar-refractivity contribution in [3.63, 3.8) is 0 Å². The minimum Gasteiger partial charge on any atom is -0.452 e. The molecule has 2 aromatic rings. The second kappa shape index (κ2) is 9.37. The Morgan fingerprint density at radius 1 is 1.17 bits per heavy atom. The largest absolute Gasteiger partial charge is 0.452 e. The zero-order valence-corrected chi connectivity index (χ0v) is 16.8.